The van der Waals surface area contributed by atoms with E-state index in [4.69, 9.17) is 31.5 Å². The van der Waals surface area contributed by atoms with Gasteiger partial charge in [-0.05, 0) is 6.07 Å². The first-order valence-electron chi connectivity index (χ1n) is 5.39. The number of carbonyl (C=O) groups excluding carboxylic acids is 1. The average Bonchev–Trinajstić information content (AvgIpc) is 2.37. The lowest BCUT2D eigenvalue weighted by atomic mass is 10.2. The van der Waals surface area contributed by atoms with Crippen molar-refractivity contribution >= 4 is 23.3 Å². The zero-order valence-corrected chi connectivity index (χ0v) is 11.1. The SMILES string of the molecule is COCCCOC(=O)c1cc(Cl)c(N)cc1OC. The molecule has 2 N–H and O–H groups in total. The highest BCUT2D eigenvalue weighted by atomic mass is 35.5. The van der Waals surface area contributed by atoms with Crippen LogP contribution in [0.25, 0.3) is 0 Å². The summed E-state index contributed by atoms with van der Waals surface area (Å²) in [6.45, 7) is 0.810. The zero-order chi connectivity index (χ0) is 13.5. The minimum Gasteiger partial charge on any atom is -0.496 e. The second-order valence-corrected chi connectivity index (χ2v) is 3.96. The van der Waals surface area contributed by atoms with Crippen LogP contribution in [0.4, 0.5) is 5.69 Å². The van der Waals surface area contributed by atoms with Gasteiger partial charge in [-0.1, -0.05) is 11.6 Å². The Morgan fingerprint density at radius 1 is 1.33 bits per heavy atom. The first-order chi connectivity index (χ1) is 8.60. The minimum absolute atomic E-state index is 0.258. The van der Waals surface area contributed by atoms with Gasteiger partial charge in [0.1, 0.15) is 11.3 Å². The van der Waals surface area contributed by atoms with Gasteiger partial charge in [-0.2, -0.15) is 0 Å². The Morgan fingerprint density at radius 2 is 2.06 bits per heavy atom. The molecule has 0 saturated carbocycles. The number of esters is 1. The van der Waals surface area contributed by atoms with E-state index in [-0.39, 0.29) is 12.2 Å². The molecule has 0 aliphatic carbocycles. The van der Waals surface area contributed by atoms with E-state index < -0.39 is 5.97 Å². The summed E-state index contributed by atoms with van der Waals surface area (Å²) in [5, 5.41) is 0.291. The fourth-order valence-electron chi connectivity index (χ4n) is 1.34. The Kier molecular flexibility index (Phi) is 5.74. The highest BCUT2D eigenvalue weighted by Gasteiger charge is 2.16. The average molecular weight is 274 g/mol. The van der Waals surface area contributed by atoms with Crippen LogP contribution in [0, 0.1) is 0 Å². The number of methoxy groups -OCH3 is 2. The number of hydrogen-bond donors (Lipinski definition) is 1. The van der Waals surface area contributed by atoms with Crippen LogP contribution in [0.15, 0.2) is 12.1 Å². The van der Waals surface area contributed by atoms with Gasteiger partial charge in [-0.15, -0.1) is 0 Å². The number of nitrogens with two attached hydrogens (primary N) is 1. The molecule has 0 aliphatic heterocycles. The third-order valence-corrected chi connectivity index (χ3v) is 2.59. The number of halogens is 1. The normalized spacial score (nSPS) is 10.2. The fourth-order valence-corrected chi connectivity index (χ4v) is 1.51. The quantitative estimate of drug-likeness (QED) is 0.488. The van der Waals surface area contributed by atoms with Gasteiger partial charge in [0.25, 0.3) is 0 Å². The topological polar surface area (TPSA) is 70.8 Å². The third kappa shape index (κ3) is 3.78. The summed E-state index contributed by atoms with van der Waals surface area (Å²) in [6, 6.07) is 2.93. The van der Waals surface area contributed by atoms with Crippen molar-refractivity contribution in [2.24, 2.45) is 0 Å². The Morgan fingerprint density at radius 3 is 2.67 bits per heavy atom. The fraction of sp³-hybridized carbons (Fsp3) is 0.417. The lowest BCUT2D eigenvalue weighted by molar-refractivity contribution is 0.0465. The molecule has 0 saturated heterocycles. The maximum Gasteiger partial charge on any atom is 0.341 e. The van der Waals surface area contributed by atoms with Gasteiger partial charge in [0, 0.05) is 26.2 Å². The lowest BCUT2D eigenvalue weighted by Gasteiger charge is -2.10. The van der Waals surface area contributed by atoms with E-state index in [1.807, 2.05) is 0 Å². The number of hydrogen-bond acceptors (Lipinski definition) is 5. The molecule has 0 heterocycles. The van der Waals surface area contributed by atoms with Crippen LogP contribution in [0.1, 0.15) is 16.8 Å². The van der Waals surface area contributed by atoms with Crippen molar-refractivity contribution in [1.82, 2.24) is 0 Å². The summed E-state index contributed by atoms with van der Waals surface area (Å²) >= 11 is 5.86. The lowest BCUT2D eigenvalue weighted by Crippen LogP contribution is -2.10. The molecular formula is C12H16ClNO4. The third-order valence-electron chi connectivity index (χ3n) is 2.26. The van der Waals surface area contributed by atoms with Crippen molar-refractivity contribution in [2.45, 2.75) is 6.42 Å². The summed E-state index contributed by atoms with van der Waals surface area (Å²) in [5.74, 6) is -0.154. The molecule has 1 aromatic rings. The van der Waals surface area contributed by atoms with Gasteiger partial charge in [-0.3, -0.25) is 0 Å². The minimum atomic E-state index is -0.496. The molecule has 1 aromatic carbocycles. The number of nitrogen functional groups attached to an aromatic ring is 1. The Bertz CT molecular complexity index is 423. The molecular weight excluding hydrogens is 258 g/mol. The molecule has 1 rings (SSSR count). The van der Waals surface area contributed by atoms with Crippen LogP contribution in [0.2, 0.25) is 5.02 Å². The van der Waals surface area contributed by atoms with Crippen LogP contribution in [0.3, 0.4) is 0 Å². The predicted octanol–water partition coefficient (Wildman–Crippen LogP) is 2.12. The van der Waals surface area contributed by atoms with Crippen LogP contribution >= 0.6 is 11.6 Å². The summed E-state index contributed by atoms with van der Waals surface area (Å²) in [5.41, 5.74) is 6.23. The predicted molar refractivity (Wildman–Crippen MR) is 69.2 cm³/mol. The summed E-state index contributed by atoms with van der Waals surface area (Å²) in [7, 11) is 3.04. The van der Waals surface area contributed by atoms with Gasteiger partial charge < -0.3 is 19.9 Å². The van der Waals surface area contributed by atoms with E-state index in [0.29, 0.717) is 29.5 Å². The molecule has 0 bridgehead atoms. The summed E-state index contributed by atoms with van der Waals surface area (Å²) in [4.78, 5) is 11.8. The second kappa shape index (κ2) is 7.08. The largest absolute Gasteiger partial charge is 0.496 e. The molecule has 0 aromatic heterocycles. The van der Waals surface area contributed by atoms with Crippen molar-refractivity contribution in [3.63, 3.8) is 0 Å². The number of ether oxygens (including phenoxy) is 3. The summed E-state index contributed by atoms with van der Waals surface area (Å²) < 4.78 is 15.0. The Hall–Kier alpha value is -1.46. The van der Waals surface area contributed by atoms with E-state index in [0.717, 1.165) is 0 Å². The smallest absolute Gasteiger partial charge is 0.341 e. The molecule has 0 aliphatic rings. The molecule has 0 atom stereocenters. The van der Waals surface area contributed by atoms with E-state index >= 15 is 0 Å². The Balaban J connectivity index is 2.75. The van der Waals surface area contributed by atoms with Crippen LogP contribution < -0.4 is 10.5 Å². The molecule has 5 nitrogen and oxygen atoms in total. The number of rotatable bonds is 6. The maximum atomic E-state index is 11.8. The molecule has 0 radical (unpaired) electrons. The first-order valence-corrected chi connectivity index (χ1v) is 5.77. The Labute approximate surface area is 111 Å². The number of benzene rings is 1. The summed E-state index contributed by atoms with van der Waals surface area (Å²) in [6.07, 6.45) is 0.632. The van der Waals surface area contributed by atoms with Gasteiger partial charge in [0.2, 0.25) is 0 Å². The molecule has 100 valence electrons. The molecule has 18 heavy (non-hydrogen) atoms. The van der Waals surface area contributed by atoms with Gasteiger partial charge in [-0.25, -0.2) is 4.79 Å². The van der Waals surface area contributed by atoms with Crippen LogP contribution in [-0.4, -0.2) is 33.4 Å². The van der Waals surface area contributed by atoms with Crippen LogP contribution in [0.5, 0.6) is 5.75 Å². The van der Waals surface area contributed by atoms with Crippen molar-refractivity contribution in [2.75, 3.05) is 33.2 Å². The highest BCUT2D eigenvalue weighted by Crippen LogP contribution is 2.29. The van der Waals surface area contributed by atoms with E-state index in [1.165, 1.54) is 19.2 Å². The molecule has 0 fully saturated rings. The highest BCUT2D eigenvalue weighted by molar-refractivity contribution is 6.33. The second-order valence-electron chi connectivity index (χ2n) is 3.56. The molecule has 0 amide bonds. The van der Waals surface area contributed by atoms with Gasteiger partial charge >= 0.3 is 5.97 Å². The zero-order valence-electron chi connectivity index (χ0n) is 10.4. The maximum absolute atomic E-state index is 11.8. The standard InChI is InChI=1S/C12H16ClNO4/c1-16-4-3-5-18-12(15)8-6-9(13)10(14)7-11(8)17-2/h6-7H,3-5,14H2,1-2H3. The van der Waals surface area contributed by atoms with E-state index in [9.17, 15) is 4.79 Å². The monoisotopic (exact) mass is 273 g/mol. The van der Waals surface area contributed by atoms with Gasteiger partial charge in [0.05, 0.1) is 24.4 Å². The molecule has 6 heteroatoms. The number of anilines is 1. The number of carbonyl (C=O) groups is 1. The first kappa shape index (κ1) is 14.6. The van der Waals surface area contributed by atoms with Crippen LogP contribution in [-0.2, 0) is 9.47 Å². The van der Waals surface area contributed by atoms with Crippen molar-refractivity contribution in [3.05, 3.63) is 22.7 Å². The van der Waals surface area contributed by atoms with Crippen molar-refractivity contribution < 1.29 is 19.0 Å². The molecule has 0 spiro atoms. The van der Waals surface area contributed by atoms with Crippen molar-refractivity contribution in [3.8, 4) is 5.75 Å². The van der Waals surface area contributed by atoms with E-state index in [1.54, 1.807) is 7.11 Å². The van der Waals surface area contributed by atoms with Crippen molar-refractivity contribution in [1.29, 1.82) is 0 Å². The molecule has 0 unspecified atom stereocenters. The van der Waals surface area contributed by atoms with E-state index in [2.05, 4.69) is 0 Å². The van der Waals surface area contributed by atoms with Gasteiger partial charge in [0.15, 0.2) is 0 Å².